The average Bonchev–Trinajstić information content (AvgIpc) is 2.49. The number of hydrogen-bond acceptors (Lipinski definition) is 6. The van der Waals surface area contributed by atoms with Crippen LogP contribution in [0.5, 0.6) is 0 Å². The Morgan fingerprint density at radius 3 is 1.48 bits per heavy atom. The molecule has 1 aromatic carbocycles. The van der Waals surface area contributed by atoms with Crippen molar-refractivity contribution >= 4 is 0 Å². The molecule has 2 atom stereocenters. The molecule has 6 nitrogen and oxygen atoms in total. The summed E-state index contributed by atoms with van der Waals surface area (Å²) in [5, 5.41) is 49.3. The highest BCUT2D eigenvalue weighted by atomic mass is 16.3. The molecule has 21 heavy (non-hydrogen) atoms. The molecule has 0 fully saturated rings. The van der Waals surface area contributed by atoms with Crippen molar-refractivity contribution in [2.45, 2.75) is 38.6 Å². The van der Waals surface area contributed by atoms with E-state index in [4.69, 9.17) is 30.6 Å². The number of rotatable bonds is 5. The van der Waals surface area contributed by atoms with Gasteiger partial charge in [0, 0.05) is 6.61 Å². The number of aliphatic hydroxyl groups excluding tert-OH is 6. The van der Waals surface area contributed by atoms with Gasteiger partial charge in [-0.05, 0) is 25.8 Å². The second kappa shape index (κ2) is 15.4. The number of hydrogen-bond donors (Lipinski definition) is 6. The van der Waals surface area contributed by atoms with Gasteiger partial charge in [0.1, 0.15) is 6.10 Å². The van der Waals surface area contributed by atoms with Crippen molar-refractivity contribution in [1.82, 2.24) is 0 Å². The van der Waals surface area contributed by atoms with Gasteiger partial charge in [0.15, 0.2) is 0 Å². The Labute approximate surface area is 125 Å². The van der Waals surface area contributed by atoms with Crippen LogP contribution in [-0.2, 0) is 6.42 Å². The highest BCUT2D eigenvalue weighted by Crippen LogP contribution is 1.97. The fourth-order valence-electron chi connectivity index (χ4n) is 0.832. The predicted molar refractivity (Wildman–Crippen MR) is 80.8 cm³/mol. The fourth-order valence-corrected chi connectivity index (χ4v) is 0.832. The van der Waals surface area contributed by atoms with Crippen LogP contribution in [0.15, 0.2) is 30.3 Å². The molecule has 0 aliphatic rings. The van der Waals surface area contributed by atoms with Crippen LogP contribution in [0.1, 0.15) is 19.4 Å². The molecule has 2 unspecified atom stereocenters. The van der Waals surface area contributed by atoms with Crippen LogP contribution in [-0.4, -0.2) is 68.8 Å². The first kappa shape index (κ1) is 22.3. The van der Waals surface area contributed by atoms with E-state index in [1.807, 2.05) is 30.3 Å². The fraction of sp³-hybridized carbons (Fsp3) is 0.600. The molecule has 0 saturated heterocycles. The van der Waals surface area contributed by atoms with Crippen LogP contribution < -0.4 is 0 Å². The molecule has 0 bridgehead atoms. The van der Waals surface area contributed by atoms with E-state index in [-0.39, 0.29) is 19.8 Å². The largest absolute Gasteiger partial charge is 0.396 e. The summed E-state index contributed by atoms with van der Waals surface area (Å²) in [5.74, 6) is 0. The lowest BCUT2D eigenvalue weighted by Gasteiger charge is -2.03. The summed E-state index contributed by atoms with van der Waals surface area (Å²) in [6, 6.07) is 9.95. The molecule has 1 rings (SSSR count). The van der Waals surface area contributed by atoms with Crippen molar-refractivity contribution in [1.29, 1.82) is 0 Å². The molecule has 0 heterocycles. The van der Waals surface area contributed by atoms with Gasteiger partial charge in [-0.1, -0.05) is 30.3 Å². The lowest BCUT2D eigenvalue weighted by Crippen LogP contribution is -2.17. The van der Waals surface area contributed by atoms with E-state index in [0.29, 0.717) is 0 Å². The molecule has 0 aliphatic heterocycles. The molecule has 1 aromatic rings. The van der Waals surface area contributed by atoms with Gasteiger partial charge in [0.25, 0.3) is 0 Å². The van der Waals surface area contributed by atoms with Gasteiger partial charge in [-0.2, -0.15) is 0 Å². The molecule has 0 aliphatic carbocycles. The smallest absolute Gasteiger partial charge is 0.100 e. The second-order valence-electron chi connectivity index (χ2n) is 4.46. The Bertz CT molecular complexity index is 292. The molecule has 6 heteroatoms. The van der Waals surface area contributed by atoms with Crippen LogP contribution in [0.2, 0.25) is 0 Å². The van der Waals surface area contributed by atoms with E-state index < -0.39 is 18.3 Å². The normalized spacial score (nSPS) is 12.6. The second-order valence-corrected chi connectivity index (χ2v) is 4.46. The Morgan fingerprint density at radius 2 is 1.24 bits per heavy atom. The van der Waals surface area contributed by atoms with Gasteiger partial charge >= 0.3 is 0 Å². The van der Waals surface area contributed by atoms with Crippen molar-refractivity contribution < 1.29 is 30.6 Å². The molecular weight excluding hydrogens is 276 g/mol. The third-order valence-corrected chi connectivity index (χ3v) is 2.36. The lowest BCUT2D eigenvalue weighted by atomic mass is 10.2. The molecule has 0 saturated carbocycles. The molecule has 0 radical (unpaired) electrons. The van der Waals surface area contributed by atoms with Crippen molar-refractivity contribution in [3.05, 3.63) is 35.9 Å². The van der Waals surface area contributed by atoms with Crippen LogP contribution in [0.3, 0.4) is 0 Å². The van der Waals surface area contributed by atoms with Crippen LogP contribution in [0.25, 0.3) is 0 Å². The third-order valence-electron chi connectivity index (χ3n) is 2.36. The highest BCUT2D eigenvalue weighted by molar-refractivity contribution is 5.14. The number of benzene rings is 1. The predicted octanol–water partition coefficient (Wildman–Crippen LogP) is -0.699. The first-order valence-electron chi connectivity index (χ1n) is 6.79. The van der Waals surface area contributed by atoms with E-state index in [0.717, 1.165) is 6.42 Å². The lowest BCUT2D eigenvalue weighted by molar-refractivity contribution is 0.0438. The van der Waals surface area contributed by atoms with E-state index in [1.165, 1.54) is 5.56 Å². The summed E-state index contributed by atoms with van der Waals surface area (Å²) >= 11 is 0. The molecule has 124 valence electrons. The Kier molecular flexibility index (Phi) is 16.3. The van der Waals surface area contributed by atoms with E-state index in [1.54, 1.807) is 13.8 Å². The van der Waals surface area contributed by atoms with Gasteiger partial charge in [-0.15, -0.1) is 0 Å². The zero-order valence-electron chi connectivity index (χ0n) is 12.6. The monoisotopic (exact) mass is 304 g/mol. The van der Waals surface area contributed by atoms with E-state index >= 15 is 0 Å². The van der Waals surface area contributed by atoms with Crippen molar-refractivity contribution in [3.63, 3.8) is 0 Å². The Balaban J connectivity index is 0. The summed E-state index contributed by atoms with van der Waals surface area (Å²) in [6.45, 7) is 2.60. The van der Waals surface area contributed by atoms with Crippen LogP contribution in [0.4, 0.5) is 0 Å². The Morgan fingerprint density at radius 1 is 0.810 bits per heavy atom. The maximum absolute atomic E-state index is 8.52. The molecular formula is C15H28O6. The summed E-state index contributed by atoms with van der Waals surface area (Å²) in [7, 11) is 0. The minimum atomic E-state index is -0.954. The van der Waals surface area contributed by atoms with Gasteiger partial charge in [0.2, 0.25) is 0 Å². The SMILES string of the molecule is CC(O)C(C)O.OCC(O)CO.OCCc1ccccc1. The number of aliphatic hydroxyl groups is 6. The van der Waals surface area contributed by atoms with Gasteiger partial charge in [0.05, 0.1) is 25.4 Å². The van der Waals surface area contributed by atoms with Crippen LogP contribution >= 0.6 is 0 Å². The summed E-state index contributed by atoms with van der Waals surface area (Å²) in [5.41, 5.74) is 1.19. The molecule has 0 aromatic heterocycles. The zero-order valence-corrected chi connectivity index (χ0v) is 12.6. The third kappa shape index (κ3) is 16.9. The minimum absolute atomic E-state index is 0.240. The van der Waals surface area contributed by atoms with Crippen LogP contribution in [0, 0.1) is 0 Å². The van der Waals surface area contributed by atoms with Gasteiger partial charge in [-0.25, -0.2) is 0 Å². The van der Waals surface area contributed by atoms with Gasteiger partial charge in [-0.3, -0.25) is 0 Å². The van der Waals surface area contributed by atoms with Crippen molar-refractivity contribution in [3.8, 4) is 0 Å². The summed E-state index contributed by atoms with van der Waals surface area (Å²) < 4.78 is 0. The van der Waals surface area contributed by atoms with E-state index in [9.17, 15) is 0 Å². The standard InChI is InChI=1S/C8H10O.C4H10O2.C3H8O3/c9-7-6-8-4-2-1-3-5-8;1-3(5)4(2)6;4-1-3(6)2-5/h1-5,9H,6-7H2;3-6H,1-2H3;3-6H,1-2H2. The van der Waals surface area contributed by atoms with Gasteiger partial charge < -0.3 is 30.6 Å². The molecule has 0 amide bonds. The maximum Gasteiger partial charge on any atom is 0.100 e. The topological polar surface area (TPSA) is 121 Å². The first-order valence-corrected chi connectivity index (χ1v) is 6.79. The maximum atomic E-state index is 8.52. The quantitative estimate of drug-likeness (QED) is 0.428. The Hall–Kier alpha value is -1.02. The van der Waals surface area contributed by atoms with Crippen molar-refractivity contribution in [2.75, 3.05) is 19.8 Å². The first-order chi connectivity index (χ1) is 9.88. The van der Waals surface area contributed by atoms with Crippen molar-refractivity contribution in [2.24, 2.45) is 0 Å². The average molecular weight is 304 g/mol. The summed E-state index contributed by atoms with van der Waals surface area (Å²) in [4.78, 5) is 0. The summed E-state index contributed by atoms with van der Waals surface area (Å²) in [6.07, 6.45) is -1.37. The highest BCUT2D eigenvalue weighted by Gasteiger charge is 1.99. The van der Waals surface area contributed by atoms with E-state index in [2.05, 4.69) is 0 Å². The minimum Gasteiger partial charge on any atom is -0.396 e. The zero-order chi connectivity index (χ0) is 16.7. The molecule has 0 spiro atoms. The molecule has 6 N–H and O–H groups in total.